The van der Waals surface area contributed by atoms with Crippen LogP contribution in [0.3, 0.4) is 0 Å². The maximum absolute atomic E-state index is 12.3. The molecular formula is C11H16NaO4P. The third-order valence-electron chi connectivity index (χ3n) is 2.01. The van der Waals surface area contributed by atoms with E-state index < -0.39 is 7.60 Å². The minimum Gasteiger partial charge on any atom is -0.872 e. The fourth-order valence-corrected chi connectivity index (χ4v) is 3.10. The summed E-state index contributed by atoms with van der Waals surface area (Å²) in [5, 5.41) is 11.8. The Balaban J connectivity index is 0.00000256. The maximum atomic E-state index is 12.3. The van der Waals surface area contributed by atoms with Gasteiger partial charge in [-0.15, -0.1) is 0 Å². The Hall–Kier alpha value is 0.170. The molecule has 0 aliphatic rings. The summed E-state index contributed by atoms with van der Waals surface area (Å²) in [7, 11) is -3.45. The summed E-state index contributed by atoms with van der Waals surface area (Å²) in [4.78, 5) is 0. The van der Waals surface area contributed by atoms with Crippen molar-refractivity contribution in [1.82, 2.24) is 0 Å². The normalized spacial score (nSPS) is 11.0. The van der Waals surface area contributed by atoms with Crippen LogP contribution in [0.15, 0.2) is 18.2 Å². The molecule has 4 nitrogen and oxygen atoms in total. The van der Waals surface area contributed by atoms with Gasteiger partial charge in [0.15, 0.2) is 0 Å². The molecular weight excluding hydrogens is 250 g/mol. The van der Waals surface area contributed by atoms with Gasteiger partial charge in [-0.2, -0.15) is 0 Å². The average molecular weight is 266 g/mol. The largest absolute Gasteiger partial charge is 1.00 e. The van der Waals surface area contributed by atoms with Gasteiger partial charge in [-0.3, -0.25) is 4.57 Å². The Kier molecular flexibility index (Phi) is 7.65. The molecule has 0 saturated heterocycles. The van der Waals surface area contributed by atoms with E-state index in [1.165, 1.54) is 6.07 Å². The number of hydrogen-bond acceptors (Lipinski definition) is 4. The molecule has 0 bridgehead atoms. The van der Waals surface area contributed by atoms with Crippen LogP contribution in [0.1, 0.15) is 19.4 Å². The van der Waals surface area contributed by atoms with E-state index in [4.69, 9.17) is 9.05 Å². The molecule has 0 amide bonds. The van der Waals surface area contributed by atoms with Gasteiger partial charge in [-0.1, -0.05) is 23.4 Å². The maximum Gasteiger partial charge on any atom is 1.00 e. The summed E-state index contributed by atoms with van der Waals surface area (Å²) < 4.78 is 22.6. The van der Waals surface area contributed by atoms with Crippen LogP contribution in [0.4, 0.5) is 0 Å². The van der Waals surface area contributed by atoms with Crippen molar-refractivity contribution in [2.45, 2.75) is 20.8 Å². The van der Waals surface area contributed by atoms with Crippen molar-refractivity contribution in [2.75, 3.05) is 13.2 Å². The van der Waals surface area contributed by atoms with E-state index in [0.29, 0.717) is 0 Å². The zero-order valence-electron chi connectivity index (χ0n) is 10.7. The zero-order valence-corrected chi connectivity index (χ0v) is 13.6. The third-order valence-corrected chi connectivity index (χ3v) is 4.14. The fourth-order valence-electron chi connectivity index (χ4n) is 1.36. The first-order valence-corrected chi connectivity index (χ1v) is 6.75. The number of benzene rings is 1. The van der Waals surface area contributed by atoms with Crippen LogP contribution in [0, 0.1) is 6.92 Å². The molecule has 1 aromatic carbocycles. The molecule has 0 aromatic heterocycles. The molecule has 90 valence electrons. The van der Waals surface area contributed by atoms with E-state index >= 15 is 0 Å². The van der Waals surface area contributed by atoms with Crippen molar-refractivity contribution in [3.05, 3.63) is 23.8 Å². The first kappa shape index (κ1) is 17.2. The van der Waals surface area contributed by atoms with Crippen LogP contribution in [-0.2, 0) is 13.6 Å². The van der Waals surface area contributed by atoms with E-state index in [-0.39, 0.29) is 53.8 Å². The minimum atomic E-state index is -3.45. The minimum absolute atomic E-state index is 0. The Morgan fingerprint density at radius 1 is 1.24 bits per heavy atom. The summed E-state index contributed by atoms with van der Waals surface area (Å²) in [6, 6.07) is 4.62. The molecule has 0 saturated carbocycles. The topological polar surface area (TPSA) is 58.6 Å². The average Bonchev–Trinajstić information content (AvgIpc) is 2.22. The summed E-state index contributed by atoms with van der Waals surface area (Å²) in [5.74, 6) is -0.309. The Labute approximate surface area is 124 Å². The van der Waals surface area contributed by atoms with E-state index in [2.05, 4.69) is 0 Å². The fraction of sp³-hybridized carbons (Fsp3) is 0.455. The molecule has 0 atom stereocenters. The van der Waals surface area contributed by atoms with Gasteiger partial charge in [0, 0.05) is 0 Å². The van der Waals surface area contributed by atoms with Crippen LogP contribution in [0.25, 0.3) is 0 Å². The predicted octanol–water partition coefficient (Wildman–Crippen LogP) is -1.04. The van der Waals surface area contributed by atoms with Crippen LogP contribution in [-0.4, -0.2) is 13.2 Å². The van der Waals surface area contributed by atoms with Crippen molar-refractivity contribution >= 4 is 12.9 Å². The Morgan fingerprint density at radius 2 is 1.76 bits per heavy atom. The van der Waals surface area contributed by atoms with Crippen molar-refractivity contribution in [2.24, 2.45) is 0 Å². The molecule has 0 aliphatic heterocycles. The van der Waals surface area contributed by atoms with Crippen LogP contribution < -0.4 is 40.0 Å². The smallest absolute Gasteiger partial charge is 0.872 e. The number of aryl methyl sites for hydroxylation is 1. The second-order valence-electron chi connectivity index (χ2n) is 3.30. The standard InChI is InChI=1S/C11H17O4P.Na/c1-4-14-16(13,15-5-2)11-8-9(3)6-7-10(11)12;/h6-8,12H,4-5H2,1-3H3;/q;+1/p-1. The number of rotatable bonds is 5. The van der Waals surface area contributed by atoms with Crippen molar-refractivity contribution in [1.29, 1.82) is 0 Å². The predicted molar refractivity (Wildman–Crippen MR) is 61.1 cm³/mol. The van der Waals surface area contributed by atoms with Gasteiger partial charge in [0.1, 0.15) is 0 Å². The number of hydrogen-bond donors (Lipinski definition) is 0. The van der Waals surface area contributed by atoms with E-state index in [1.807, 2.05) is 6.92 Å². The van der Waals surface area contributed by atoms with Gasteiger partial charge in [0.25, 0.3) is 0 Å². The van der Waals surface area contributed by atoms with Gasteiger partial charge >= 0.3 is 37.2 Å². The SMILES string of the molecule is CCOP(=O)(OCC)c1cc(C)ccc1[O-].[Na+]. The molecule has 0 heterocycles. The van der Waals surface area contributed by atoms with Gasteiger partial charge in [0.05, 0.1) is 18.5 Å². The second-order valence-corrected chi connectivity index (χ2v) is 5.30. The first-order valence-electron chi connectivity index (χ1n) is 5.21. The van der Waals surface area contributed by atoms with Crippen LogP contribution >= 0.6 is 7.60 Å². The molecule has 1 aromatic rings. The zero-order chi connectivity index (χ0) is 12.2. The van der Waals surface area contributed by atoms with E-state index in [9.17, 15) is 9.67 Å². The molecule has 0 N–H and O–H groups in total. The van der Waals surface area contributed by atoms with Crippen molar-refractivity contribution < 1.29 is 48.3 Å². The summed E-state index contributed by atoms with van der Waals surface area (Å²) in [5.41, 5.74) is 0.856. The molecule has 0 fully saturated rings. The molecule has 17 heavy (non-hydrogen) atoms. The first-order chi connectivity index (χ1) is 7.53. The molecule has 6 heteroatoms. The molecule has 1 rings (SSSR count). The monoisotopic (exact) mass is 266 g/mol. The van der Waals surface area contributed by atoms with Gasteiger partial charge in [-0.25, -0.2) is 0 Å². The van der Waals surface area contributed by atoms with Gasteiger partial charge in [-0.05, 0) is 26.8 Å². The van der Waals surface area contributed by atoms with E-state index in [0.717, 1.165) is 5.56 Å². The summed E-state index contributed by atoms with van der Waals surface area (Å²) >= 11 is 0. The summed E-state index contributed by atoms with van der Waals surface area (Å²) in [6.07, 6.45) is 0. The van der Waals surface area contributed by atoms with Gasteiger partial charge < -0.3 is 14.2 Å². The summed E-state index contributed by atoms with van der Waals surface area (Å²) in [6.45, 7) is 5.73. The van der Waals surface area contributed by atoms with Crippen molar-refractivity contribution in [3.8, 4) is 5.75 Å². The van der Waals surface area contributed by atoms with Crippen molar-refractivity contribution in [3.63, 3.8) is 0 Å². The Morgan fingerprint density at radius 3 is 2.24 bits per heavy atom. The molecule has 0 aliphatic carbocycles. The molecule has 0 unspecified atom stereocenters. The van der Waals surface area contributed by atoms with Gasteiger partial charge in [0.2, 0.25) is 0 Å². The molecule has 0 radical (unpaired) electrons. The second kappa shape index (κ2) is 7.57. The van der Waals surface area contributed by atoms with E-state index in [1.54, 1.807) is 26.0 Å². The third kappa shape index (κ3) is 4.40. The van der Waals surface area contributed by atoms with Crippen LogP contribution in [0.5, 0.6) is 5.75 Å². The van der Waals surface area contributed by atoms with Crippen LogP contribution in [0.2, 0.25) is 0 Å². The Bertz CT molecular complexity index is 398. The quantitative estimate of drug-likeness (QED) is 0.505. The molecule has 0 spiro atoms.